The van der Waals surface area contributed by atoms with E-state index in [0.717, 1.165) is 53.1 Å². The molecule has 0 bridgehead atoms. The van der Waals surface area contributed by atoms with E-state index in [1.54, 1.807) is 7.11 Å². The molecule has 5 rings (SSSR count). The van der Waals surface area contributed by atoms with Crippen molar-refractivity contribution in [2.24, 2.45) is 5.92 Å². The summed E-state index contributed by atoms with van der Waals surface area (Å²) in [5.74, 6) is 3.25. The van der Waals surface area contributed by atoms with Crippen LogP contribution in [-0.2, 0) is 6.42 Å². The summed E-state index contributed by atoms with van der Waals surface area (Å²) in [4.78, 5) is 2.17. The fraction of sp³-hybridized carbons (Fsp3) is 0.462. The van der Waals surface area contributed by atoms with Crippen molar-refractivity contribution in [3.63, 3.8) is 0 Å². The number of benzene rings is 2. The predicted octanol–water partition coefficient (Wildman–Crippen LogP) is 7.02. The highest BCUT2D eigenvalue weighted by Crippen LogP contribution is 2.56. The van der Waals surface area contributed by atoms with Crippen molar-refractivity contribution in [1.29, 1.82) is 0 Å². The Labute approximate surface area is 215 Å². The molecule has 5 nitrogen and oxygen atoms in total. The van der Waals surface area contributed by atoms with Gasteiger partial charge in [0.2, 0.25) is 10.6 Å². The average molecular weight is 525 g/mol. The quantitative estimate of drug-likeness (QED) is 0.380. The molecule has 0 amide bonds. The maximum Gasteiger partial charge on any atom is 0.231 e. The van der Waals surface area contributed by atoms with E-state index < -0.39 is 9.83 Å². The van der Waals surface area contributed by atoms with Gasteiger partial charge in [-0.3, -0.25) is 0 Å². The van der Waals surface area contributed by atoms with Crippen LogP contribution in [0.5, 0.6) is 23.0 Å². The smallest absolute Gasteiger partial charge is 0.231 e. The molecule has 0 N–H and O–H groups in total. The molecular formula is C26H28Cl3NO4. The molecule has 0 spiro atoms. The van der Waals surface area contributed by atoms with Crippen LogP contribution in [0.15, 0.2) is 24.3 Å². The van der Waals surface area contributed by atoms with Gasteiger partial charge >= 0.3 is 0 Å². The Bertz CT molecular complexity index is 1120. The van der Waals surface area contributed by atoms with Crippen molar-refractivity contribution in [1.82, 2.24) is 4.90 Å². The highest BCUT2D eigenvalue weighted by atomic mass is 35.6. The van der Waals surface area contributed by atoms with Crippen molar-refractivity contribution in [2.45, 2.75) is 42.9 Å². The van der Waals surface area contributed by atoms with Crippen LogP contribution < -0.4 is 18.9 Å². The van der Waals surface area contributed by atoms with Crippen molar-refractivity contribution in [3.8, 4) is 23.0 Å². The Morgan fingerprint density at radius 3 is 2.53 bits per heavy atom. The molecule has 0 aromatic heterocycles. The lowest BCUT2D eigenvalue weighted by Gasteiger charge is -2.46. The SMILES string of the molecule is CCC(CC)COc1c(OC)ccc2c1[C@H](C(Cl)(Cl)Cl)N1CCc3cc4c(cc3C1=C2)OCO4. The first kappa shape index (κ1) is 23.8. The molecule has 3 heterocycles. The standard InChI is InChI=1S/C26H28Cl3NO4/c1-4-15(5-2)13-32-24-20(31-3)7-6-17-10-19-18-12-22-21(33-14-34-22)11-16(18)8-9-30(19)25(23(17)24)26(27,28)29/h6-7,10-12,15,25H,4-5,8-9,13-14H2,1-3H3/t25-/m1/s1. The Hall–Kier alpha value is -1.95. The number of fused-ring (bicyclic) bond motifs is 5. The number of hydrogen-bond acceptors (Lipinski definition) is 5. The maximum atomic E-state index is 6.69. The fourth-order valence-corrected chi connectivity index (χ4v) is 5.74. The first-order valence-electron chi connectivity index (χ1n) is 11.7. The molecule has 2 aromatic rings. The number of nitrogens with zero attached hydrogens (tertiary/aromatic N) is 1. The third-order valence-electron chi connectivity index (χ3n) is 7.02. The second-order valence-electron chi connectivity index (χ2n) is 8.87. The zero-order chi connectivity index (χ0) is 24.0. The average Bonchev–Trinajstić information content (AvgIpc) is 3.28. The molecule has 182 valence electrons. The highest BCUT2D eigenvalue weighted by molar-refractivity contribution is 6.68. The minimum atomic E-state index is -1.60. The summed E-state index contributed by atoms with van der Waals surface area (Å²) in [6, 6.07) is 7.48. The third kappa shape index (κ3) is 4.06. The number of halogens is 3. The fourth-order valence-electron chi connectivity index (χ4n) is 5.06. The molecule has 2 aromatic carbocycles. The largest absolute Gasteiger partial charge is 0.493 e. The minimum Gasteiger partial charge on any atom is -0.493 e. The maximum absolute atomic E-state index is 6.69. The Morgan fingerprint density at radius 1 is 1.12 bits per heavy atom. The molecule has 0 aliphatic carbocycles. The van der Waals surface area contributed by atoms with Gasteiger partial charge in [-0.15, -0.1) is 0 Å². The van der Waals surface area contributed by atoms with E-state index in [9.17, 15) is 0 Å². The van der Waals surface area contributed by atoms with Crippen LogP contribution in [0.2, 0.25) is 0 Å². The minimum absolute atomic E-state index is 0.234. The molecule has 8 heteroatoms. The second-order valence-corrected chi connectivity index (χ2v) is 11.2. The van der Waals surface area contributed by atoms with E-state index >= 15 is 0 Å². The molecule has 3 aliphatic heterocycles. The monoisotopic (exact) mass is 523 g/mol. The van der Waals surface area contributed by atoms with Crippen LogP contribution in [-0.4, -0.2) is 35.7 Å². The molecule has 0 fully saturated rings. The van der Waals surface area contributed by atoms with Crippen LogP contribution in [0.1, 0.15) is 55.0 Å². The van der Waals surface area contributed by atoms with Crippen molar-refractivity contribution >= 4 is 46.6 Å². The molecule has 0 saturated heterocycles. The van der Waals surface area contributed by atoms with Gasteiger partial charge in [0.15, 0.2) is 23.0 Å². The molecule has 0 saturated carbocycles. The summed E-state index contributed by atoms with van der Waals surface area (Å²) in [6.45, 7) is 5.85. The Morgan fingerprint density at radius 2 is 1.85 bits per heavy atom. The van der Waals surface area contributed by atoms with Gasteiger partial charge in [0.05, 0.1) is 13.7 Å². The summed E-state index contributed by atoms with van der Waals surface area (Å²) in [6.07, 6.45) is 5.01. The topological polar surface area (TPSA) is 40.2 Å². The van der Waals surface area contributed by atoms with E-state index in [1.165, 1.54) is 5.56 Å². The van der Waals surface area contributed by atoms with E-state index in [4.69, 9.17) is 53.8 Å². The van der Waals surface area contributed by atoms with Gasteiger partial charge in [-0.2, -0.15) is 0 Å². The van der Waals surface area contributed by atoms with Gasteiger partial charge in [-0.25, -0.2) is 0 Å². The van der Waals surface area contributed by atoms with Crippen LogP contribution in [0.4, 0.5) is 0 Å². The third-order valence-corrected chi connectivity index (χ3v) is 7.64. The lowest BCUT2D eigenvalue weighted by atomic mass is 9.86. The van der Waals surface area contributed by atoms with Crippen molar-refractivity contribution in [3.05, 3.63) is 46.5 Å². The van der Waals surface area contributed by atoms with E-state index in [-0.39, 0.29) is 6.79 Å². The normalized spacial score (nSPS) is 18.3. The van der Waals surface area contributed by atoms with Gasteiger partial charge in [0.25, 0.3) is 0 Å². The first-order valence-corrected chi connectivity index (χ1v) is 12.8. The van der Waals surface area contributed by atoms with Gasteiger partial charge in [0, 0.05) is 23.4 Å². The first-order chi connectivity index (χ1) is 16.4. The molecule has 1 atom stereocenters. The van der Waals surface area contributed by atoms with Crippen LogP contribution in [0, 0.1) is 5.92 Å². The van der Waals surface area contributed by atoms with Crippen LogP contribution >= 0.6 is 34.8 Å². The number of hydrogen-bond donors (Lipinski definition) is 0. The summed E-state index contributed by atoms with van der Waals surface area (Å²) < 4.78 is 21.7. The summed E-state index contributed by atoms with van der Waals surface area (Å²) in [5, 5.41) is 0. The molecular weight excluding hydrogens is 497 g/mol. The van der Waals surface area contributed by atoms with Crippen LogP contribution in [0.25, 0.3) is 11.8 Å². The number of methoxy groups -OCH3 is 1. The van der Waals surface area contributed by atoms with Gasteiger partial charge in [-0.1, -0.05) is 67.6 Å². The van der Waals surface area contributed by atoms with Gasteiger partial charge in [0.1, 0.15) is 6.04 Å². The number of rotatable bonds is 6. The second kappa shape index (κ2) is 9.25. The molecule has 0 unspecified atom stereocenters. The lowest BCUT2D eigenvalue weighted by Crippen LogP contribution is -2.41. The van der Waals surface area contributed by atoms with Gasteiger partial charge < -0.3 is 23.8 Å². The predicted molar refractivity (Wildman–Crippen MR) is 136 cm³/mol. The van der Waals surface area contributed by atoms with Crippen LogP contribution in [0.3, 0.4) is 0 Å². The zero-order valence-corrected chi connectivity index (χ0v) is 21.8. The Balaban J connectivity index is 1.67. The number of ether oxygens (including phenoxy) is 4. The van der Waals surface area contributed by atoms with Crippen molar-refractivity contribution in [2.75, 3.05) is 27.1 Å². The lowest BCUT2D eigenvalue weighted by molar-refractivity contribution is 0.174. The van der Waals surface area contributed by atoms with E-state index in [0.29, 0.717) is 30.6 Å². The highest BCUT2D eigenvalue weighted by Gasteiger charge is 2.46. The van der Waals surface area contributed by atoms with E-state index in [1.807, 2.05) is 18.2 Å². The van der Waals surface area contributed by atoms with E-state index in [2.05, 4.69) is 30.9 Å². The Kier molecular flexibility index (Phi) is 6.47. The zero-order valence-electron chi connectivity index (χ0n) is 19.5. The number of alkyl halides is 3. The summed E-state index contributed by atoms with van der Waals surface area (Å²) in [7, 11) is 1.64. The summed E-state index contributed by atoms with van der Waals surface area (Å²) >= 11 is 20.1. The molecule has 34 heavy (non-hydrogen) atoms. The van der Waals surface area contributed by atoms with Gasteiger partial charge in [-0.05, 0) is 47.7 Å². The van der Waals surface area contributed by atoms with Crippen molar-refractivity contribution < 1.29 is 18.9 Å². The summed E-state index contributed by atoms with van der Waals surface area (Å²) in [5.41, 5.74) is 5.05. The molecule has 0 radical (unpaired) electrons. The molecule has 3 aliphatic rings.